The average molecular weight is 361 g/mol. The third-order valence-electron chi connectivity index (χ3n) is 4.68. The Morgan fingerprint density at radius 2 is 1.72 bits per heavy atom. The number of quaternary nitrogens is 1. The normalized spacial score (nSPS) is 19.6. The number of likely N-dealkylation sites (tertiary alicyclic amines) is 1. The van der Waals surface area contributed by atoms with Crippen molar-refractivity contribution in [1.29, 1.82) is 0 Å². The lowest BCUT2D eigenvalue weighted by molar-refractivity contribution is -0.918. The second-order valence-electron chi connectivity index (χ2n) is 6.36. The zero-order chi connectivity index (χ0) is 16.8. The molecule has 1 saturated heterocycles. The van der Waals surface area contributed by atoms with Crippen molar-refractivity contribution >= 4 is 5.91 Å². The third-order valence-corrected chi connectivity index (χ3v) is 4.68. The van der Waals surface area contributed by atoms with E-state index in [2.05, 4.69) is 35.6 Å². The van der Waals surface area contributed by atoms with Gasteiger partial charge in [0.05, 0.1) is 25.8 Å². The van der Waals surface area contributed by atoms with Crippen molar-refractivity contribution in [3.8, 4) is 5.75 Å². The zero-order valence-electron chi connectivity index (χ0n) is 14.5. The van der Waals surface area contributed by atoms with Crippen LogP contribution >= 0.6 is 0 Å². The van der Waals surface area contributed by atoms with Crippen molar-refractivity contribution in [2.45, 2.75) is 25.4 Å². The van der Waals surface area contributed by atoms with Crippen LogP contribution in [-0.4, -0.2) is 32.1 Å². The summed E-state index contributed by atoms with van der Waals surface area (Å²) in [4.78, 5) is 14.1. The highest BCUT2D eigenvalue weighted by Crippen LogP contribution is 2.17. The Morgan fingerprint density at radius 1 is 1.08 bits per heavy atom. The van der Waals surface area contributed by atoms with Crippen LogP contribution in [0.2, 0.25) is 0 Å². The maximum absolute atomic E-state index is 12.5. The van der Waals surface area contributed by atoms with Crippen molar-refractivity contribution in [1.82, 2.24) is 5.32 Å². The van der Waals surface area contributed by atoms with Gasteiger partial charge >= 0.3 is 0 Å². The summed E-state index contributed by atoms with van der Waals surface area (Å²) in [5.74, 6) is 0.589. The minimum atomic E-state index is -0.0380. The number of carbonyl (C=O) groups is 1. The third kappa shape index (κ3) is 5.21. The number of nitrogens with one attached hydrogen (secondary N) is 2. The van der Waals surface area contributed by atoms with Crippen molar-refractivity contribution < 1.29 is 26.8 Å². The van der Waals surface area contributed by atoms with E-state index in [0.717, 1.165) is 32.5 Å². The SMILES string of the molecule is COc1ccccc1C(=O)NC1CC[NH+](Cc2ccccc2)CC1.[Cl-]. The van der Waals surface area contributed by atoms with Gasteiger partial charge in [0.1, 0.15) is 12.3 Å². The van der Waals surface area contributed by atoms with Crippen LogP contribution in [0.25, 0.3) is 0 Å². The minimum absolute atomic E-state index is 0. The van der Waals surface area contributed by atoms with Crippen molar-refractivity contribution in [2.24, 2.45) is 0 Å². The lowest BCUT2D eigenvalue weighted by Gasteiger charge is -2.30. The van der Waals surface area contributed by atoms with E-state index in [9.17, 15) is 4.79 Å². The van der Waals surface area contributed by atoms with Gasteiger partial charge in [-0.2, -0.15) is 0 Å². The molecule has 2 N–H and O–H groups in total. The van der Waals surface area contributed by atoms with E-state index in [0.29, 0.717) is 11.3 Å². The second kappa shape index (κ2) is 9.44. The molecular weight excluding hydrogens is 336 g/mol. The van der Waals surface area contributed by atoms with Gasteiger partial charge < -0.3 is 27.4 Å². The first-order chi connectivity index (χ1) is 11.8. The summed E-state index contributed by atoms with van der Waals surface area (Å²) in [6.07, 6.45) is 2.03. The molecule has 0 bridgehead atoms. The quantitative estimate of drug-likeness (QED) is 0.694. The molecule has 0 unspecified atom stereocenters. The van der Waals surface area contributed by atoms with Gasteiger partial charge in [-0.25, -0.2) is 0 Å². The van der Waals surface area contributed by atoms with Crippen molar-refractivity contribution in [3.63, 3.8) is 0 Å². The summed E-state index contributed by atoms with van der Waals surface area (Å²) < 4.78 is 5.27. The highest BCUT2D eigenvalue weighted by molar-refractivity contribution is 5.97. The minimum Gasteiger partial charge on any atom is -1.00 e. The molecule has 5 heteroatoms. The number of methoxy groups -OCH3 is 1. The Kier molecular flexibility index (Phi) is 7.29. The first-order valence-corrected chi connectivity index (χ1v) is 8.57. The van der Waals surface area contributed by atoms with Crippen LogP contribution in [0.4, 0.5) is 0 Å². The molecule has 1 aliphatic rings. The predicted molar refractivity (Wildman–Crippen MR) is 94.3 cm³/mol. The number of amides is 1. The van der Waals surface area contributed by atoms with Crippen LogP contribution in [0.3, 0.4) is 0 Å². The Hall–Kier alpha value is -2.04. The molecule has 0 atom stereocenters. The van der Waals surface area contributed by atoms with Crippen LogP contribution in [0.1, 0.15) is 28.8 Å². The van der Waals surface area contributed by atoms with Crippen molar-refractivity contribution in [3.05, 3.63) is 65.7 Å². The number of ether oxygens (including phenoxy) is 1. The van der Waals surface area contributed by atoms with E-state index < -0.39 is 0 Å². The molecule has 1 amide bonds. The van der Waals surface area contributed by atoms with E-state index in [1.165, 1.54) is 5.56 Å². The number of rotatable bonds is 5. The molecule has 1 heterocycles. The highest BCUT2D eigenvalue weighted by atomic mass is 35.5. The van der Waals surface area contributed by atoms with E-state index in [1.807, 2.05) is 24.3 Å². The number of piperidine rings is 1. The lowest BCUT2D eigenvalue weighted by atomic mass is 10.0. The monoisotopic (exact) mass is 360 g/mol. The Bertz CT molecular complexity index is 670. The van der Waals surface area contributed by atoms with Gasteiger partial charge in [0.25, 0.3) is 5.91 Å². The van der Waals surface area contributed by atoms with Gasteiger partial charge in [0, 0.05) is 24.4 Å². The maximum Gasteiger partial charge on any atom is 0.255 e. The van der Waals surface area contributed by atoms with Gasteiger partial charge in [0.2, 0.25) is 0 Å². The van der Waals surface area contributed by atoms with Crippen LogP contribution in [-0.2, 0) is 6.54 Å². The topological polar surface area (TPSA) is 42.8 Å². The molecule has 2 aromatic carbocycles. The molecule has 0 aliphatic carbocycles. The second-order valence-corrected chi connectivity index (χ2v) is 6.36. The van der Waals surface area contributed by atoms with E-state index in [1.54, 1.807) is 12.0 Å². The number of benzene rings is 2. The molecule has 3 rings (SSSR count). The predicted octanol–water partition coefficient (Wildman–Crippen LogP) is -1.32. The van der Waals surface area contributed by atoms with E-state index in [4.69, 9.17) is 4.74 Å². The standard InChI is InChI=1S/C20H24N2O2.ClH/c1-24-19-10-6-5-9-18(19)20(23)21-17-11-13-22(14-12-17)15-16-7-3-2-4-8-16;/h2-10,17H,11-15H2,1H3,(H,21,23);1H. The molecule has 2 aromatic rings. The number of hydrogen-bond donors (Lipinski definition) is 2. The number of para-hydroxylation sites is 1. The summed E-state index contributed by atoms with van der Waals surface area (Å²) >= 11 is 0. The Labute approximate surface area is 155 Å². The molecule has 0 radical (unpaired) electrons. The van der Waals surface area contributed by atoms with Crippen LogP contribution in [0.5, 0.6) is 5.75 Å². The average Bonchev–Trinajstić information content (AvgIpc) is 2.64. The molecule has 0 spiro atoms. The van der Waals surface area contributed by atoms with Gasteiger partial charge in [-0.15, -0.1) is 0 Å². The maximum atomic E-state index is 12.5. The molecule has 1 fully saturated rings. The highest BCUT2D eigenvalue weighted by Gasteiger charge is 2.24. The molecule has 4 nitrogen and oxygen atoms in total. The van der Waals surface area contributed by atoms with Gasteiger partial charge in [-0.3, -0.25) is 4.79 Å². The van der Waals surface area contributed by atoms with E-state index >= 15 is 0 Å². The molecular formula is C20H25ClN2O2. The number of halogens is 1. The first kappa shape index (κ1) is 19.3. The van der Waals surface area contributed by atoms with E-state index in [-0.39, 0.29) is 24.4 Å². The number of hydrogen-bond acceptors (Lipinski definition) is 2. The smallest absolute Gasteiger partial charge is 0.255 e. The van der Waals surface area contributed by atoms with Crippen LogP contribution in [0.15, 0.2) is 54.6 Å². The zero-order valence-corrected chi connectivity index (χ0v) is 15.3. The number of carbonyl (C=O) groups excluding carboxylic acids is 1. The summed E-state index contributed by atoms with van der Waals surface area (Å²) in [6, 6.07) is 18.2. The first-order valence-electron chi connectivity index (χ1n) is 8.57. The summed E-state index contributed by atoms with van der Waals surface area (Å²) in [7, 11) is 1.59. The largest absolute Gasteiger partial charge is 1.00 e. The summed E-state index contributed by atoms with van der Waals surface area (Å²) in [5, 5.41) is 3.16. The lowest BCUT2D eigenvalue weighted by Crippen LogP contribution is -3.12. The molecule has 134 valence electrons. The summed E-state index contributed by atoms with van der Waals surface area (Å²) in [5.41, 5.74) is 1.99. The van der Waals surface area contributed by atoms with Gasteiger partial charge in [0.15, 0.2) is 0 Å². The summed E-state index contributed by atoms with van der Waals surface area (Å²) in [6.45, 7) is 3.24. The fourth-order valence-corrected chi connectivity index (χ4v) is 3.33. The van der Waals surface area contributed by atoms with Crippen LogP contribution < -0.4 is 27.4 Å². The van der Waals surface area contributed by atoms with Crippen LogP contribution in [0, 0.1) is 0 Å². The molecule has 0 saturated carbocycles. The van der Waals surface area contributed by atoms with Gasteiger partial charge in [-0.05, 0) is 12.1 Å². The van der Waals surface area contributed by atoms with Gasteiger partial charge in [-0.1, -0.05) is 42.5 Å². The molecule has 0 aromatic heterocycles. The molecule has 25 heavy (non-hydrogen) atoms. The van der Waals surface area contributed by atoms with Crippen molar-refractivity contribution in [2.75, 3.05) is 20.2 Å². The molecule has 1 aliphatic heterocycles. The Balaban J connectivity index is 0.00000225. The Morgan fingerprint density at radius 3 is 2.40 bits per heavy atom. The fraction of sp³-hybridized carbons (Fsp3) is 0.350. The fourth-order valence-electron chi connectivity index (χ4n) is 3.33.